The second-order valence-corrected chi connectivity index (χ2v) is 8.67. The first kappa shape index (κ1) is 19.7. The fourth-order valence-corrected chi connectivity index (χ4v) is 5.27. The van der Waals surface area contributed by atoms with Crippen molar-refractivity contribution in [3.63, 3.8) is 0 Å². The van der Waals surface area contributed by atoms with E-state index in [9.17, 15) is 10.1 Å². The Balaban J connectivity index is 1.47. The standard InChI is InChI=1S/C28H23N3O2/c32-31(33)22-14-12-20(13-15-22)28-27-25(24-10-3-4-11-26(24)29-27)16-17-30(28)18-21-8-5-7-19-6-1-2-9-23(19)21/h1-15,28-29H,16-18H2/t28-/m0/s1. The Hall–Kier alpha value is -3.96. The second kappa shape index (κ2) is 7.87. The number of nitrogens with one attached hydrogen (secondary N) is 1. The molecule has 2 heterocycles. The van der Waals surface area contributed by atoms with Crippen molar-refractivity contribution >= 4 is 27.4 Å². The molecule has 0 bridgehead atoms. The molecule has 162 valence electrons. The molecule has 5 nitrogen and oxygen atoms in total. The van der Waals surface area contributed by atoms with E-state index in [0.717, 1.165) is 30.6 Å². The third-order valence-corrected chi connectivity index (χ3v) is 6.81. The van der Waals surface area contributed by atoms with Crippen LogP contribution in [0.2, 0.25) is 0 Å². The van der Waals surface area contributed by atoms with Gasteiger partial charge in [0.25, 0.3) is 5.69 Å². The van der Waals surface area contributed by atoms with Crippen molar-refractivity contribution in [1.82, 2.24) is 9.88 Å². The monoisotopic (exact) mass is 433 g/mol. The summed E-state index contributed by atoms with van der Waals surface area (Å²) in [5.41, 5.74) is 6.15. The largest absolute Gasteiger partial charge is 0.357 e. The number of hydrogen-bond acceptors (Lipinski definition) is 3. The number of nitro groups is 1. The minimum absolute atomic E-state index is 0.000854. The zero-order valence-corrected chi connectivity index (χ0v) is 18.1. The van der Waals surface area contributed by atoms with Gasteiger partial charge in [-0.25, -0.2) is 0 Å². The Kier molecular flexibility index (Phi) is 4.70. The first-order chi connectivity index (χ1) is 16.2. The minimum Gasteiger partial charge on any atom is -0.357 e. The second-order valence-electron chi connectivity index (χ2n) is 8.67. The van der Waals surface area contributed by atoms with Crippen LogP contribution in [0.15, 0.2) is 91.0 Å². The van der Waals surface area contributed by atoms with Crippen LogP contribution in [-0.2, 0) is 13.0 Å². The molecule has 0 radical (unpaired) electrons. The summed E-state index contributed by atoms with van der Waals surface area (Å²) in [4.78, 5) is 17.0. The minimum atomic E-state index is -0.340. The van der Waals surface area contributed by atoms with Gasteiger partial charge in [-0.2, -0.15) is 0 Å². The summed E-state index contributed by atoms with van der Waals surface area (Å²) in [7, 11) is 0. The molecule has 1 aliphatic rings. The number of rotatable bonds is 4. The molecule has 0 amide bonds. The van der Waals surface area contributed by atoms with Crippen molar-refractivity contribution in [3.05, 3.63) is 123 Å². The summed E-state index contributed by atoms with van der Waals surface area (Å²) in [6.45, 7) is 1.72. The molecule has 4 aromatic carbocycles. The van der Waals surface area contributed by atoms with E-state index in [4.69, 9.17) is 0 Å². The molecule has 1 N–H and O–H groups in total. The van der Waals surface area contributed by atoms with Gasteiger partial charge in [0.2, 0.25) is 0 Å². The van der Waals surface area contributed by atoms with Crippen molar-refractivity contribution < 1.29 is 4.92 Å². The highest BCUT2D eigenvalue weighted by Crippen LogP contribution is 2.40. The maximum Gasteiger partial charge on any atom is 0.269 e. The van der Waals surface area contributed by atoms with Crippen LogP contribution in [0.5, 0.6) is 0 Å². The van der Waals surface area contributed by atoms with Crippen molar-refractivity contribution in [2.45, 2.75) is 19.0 Å². The summed E-state index contributed by atoms with van der Waals surface area (Å²) < 4.78 is 0. The molecule has 1 aliphatic heterocycles. The van der Waals surface area contributed by atoms with E-state index in [-0.39, 0.29) is 16.7 Å². The lowest BCUT2D eigenvalue weighted by Crippen LogP contribution is -2.35. The first-order valence-corrected chi connectivity index (χ1v) is 11.2. The summed E-state index contributed by atoms with van der Waals surface area (Å²) in [5, 5.41) is 15.0. The lowest BCUT2D eigenvalue weighted by molar-refractivity contribution is -0.384. The van der Waals surface area contributed by atoms with E-state index in [1.54, 1.807) is 12.1 Å². The topological polar surface area (TPSA) is 62.2 Å². The molecule has 0 spiro atoms. The van der Waals surface area contributed by atoms with E-state index in [1.165, 1.54) is 33.0 Å². The maximum absolute atomic E-state index is 11.2. The molecule has 0 unspecified atom stereocenters. The van der Waals surface area contributed by atoms with Crippen molar-refractivity contribution in [1.29, 1.82) is 0 Å². The fourth-order valence-electron chi connectivity index (χ4n) is 5.27. The van der Waals surface area contributed by atoms with Gasteiger partial charge in [-0.15, -0.1) is 0 Å². The number of nitrogens with zero attached hydrogens (tertiary/aromatic N) is 2. The van der Waals surface area contributed by atoms with Crippen LogP contribution in [0.1, 0.15) is 28.4 Å². The van der Waals surface area contributed by atoms with Gasteiger partial charge in [0.15, 0.2) is 0 Å². The molecule has 6 rings (SSSR count). The van der Waals surface area contributed by atoms with Crippen LogP contribution in [0.25, 0.3) is 21.7 Å². The van der Waals surface area contributed by atoms with Crippen LogP contribution >= 0.6 is 0 Å². The summed E-state index contributed by atoms with van der Waals surface area (Å²) in [6.07, 6.45) is 0.966. The number of nitro benzene ring substituents is 1. The summed E-state index contributed by atoms with van der Waals surface area (Å²) in [6, 6.07) is 30.4. The van der Waals surface area contributed by atoms with E-state index < -0.39 is 0 Å². The van der Waals surface area contributed by atoms with Gasteiger partial charge < -0.3 is 4.98 Å². The average molecular weight is 434 g/mol. The van der Waals surface area contributed by atoms with E-state index in [2.05, 4.69) is 76.6 Å². The van der Waals surface area contributed by atoms with E-state index in [0.29, 0.717) is 0 Å². The third-order valence-electron chi connectivity index (χ3n) is 6.81. The fraction of sp³-hybridized carbons (Fsp3) is 0.143. The molecule has 5 heteroatoms. The van der Waals surface area contributed by atoms with Gasteiger partial charge in [-0.05, 0) is 39.9 Å². The number of benzene rings is 4. The number of aromatic nitrogens is 1. The Morgan fingerprint density at radius 1 is 0.879 bits per heavy atom. The molecule has 1 atom stereocenters. The number of H-pyrrole nitrogens is 1. The molecule has 5 aromatic rings. The van der Waals surface area contributed by atoms with Gasteiger partial charge in [-0.1, -0.05) is 72.8 Å². The molecule has 33 heavy (non-hydrogen) atoms. The van der Waals surface area contributed by atoms with Gasteiger partial charge in [0.1, 0.15) is 0 Å². The van der Waals surface area contributed by atoms with Crippen LogP contribution in [0.4, 0.5) is 5.69 Å². The van der Waals surface area contributed by atoms with Gasteiger partial charge >= 0.3 is 0 Å². The Bertz CT molecular complexity index is 1480. The number of fused-ring (bicyclic) bond motifs is 4. The first-order valence-electron chi connectivity index (χ1n) is 11.2. The normalized spacial score (nSPS) is 16.2. The van der Waals surface area contributed by atoms with Crippen molar-refractivity contribution in [2.75, 3.05) is 6.54 Å². The smallest absolute Gasteiger partial charge is 0.269 e. The summed E-state index contributed by atoms with van der Waals surface area (Å²) >= 11 is 0. The Morgan fingerprint density at radius 3 is 2.42 bits per heavy atom. The lowest BCUT2D eigenvalue weighted by Gasteiger charge is -2.36. The molecule has 0 saturated heterocycles. The van der Waals surface area contributed by atoms with Gasteiger partial charge in [0, 0.05) is 41.8 Å². The highest BCUT2D eigenvalue weighted by molar-refractivity contribution is 5.86. The predicted molar refractivity (Wildman–Crippen MR) is 131 cm³/mol. The van der Waals surface area contributed by atoms with Gasteiger partial charge in [-0.3, -0.25) is 15.0 Å². The molecule has 0 fully saturated rings. The van der Waals surface area contributed by atoms with Crippen molar-refractivity contribution in [3.8, 4) is 0 Å². The van der Waals surface area contributed by atoms with Crippen LogP contribution in [-0.4, -0.2) is 21.4 Å². The van der Waals surface area contributed by atoms with E-state index >= 15 is 0 Å². The number of aromatic amines is 1. The summed E-state index contributed by atoms with van der Waals surface area (Å²) in [5.74, 6) is 0. The van der Waals surface area contributed by atoms with E-state index in [1.807, 2.05) is 12.1 Å². The SMILES string of the molecule is O=[N+]([O-])c1ccc([C@H]2c3[nH]c4ccccc4c3CCN2Cc2cccc3ccccc23)cc1. The predicted octanol–water partition coefficient (Wildman–Crippen LogP) is 6.38. The molecule has 0 saturated carbocycles. The number of hydrogen-bond donors (Lipinski definition) is 1. The molecule has 1 aromatic heterocycles. The Morgan fingerprint density at radius 2 is 1.61 bits per heavy atom. The van der Waals surface area contributed by atoms with Crippen LogP contribution in [0, 0.1) is 10.1 Å². The van der Waals surface area contributed by atoms with Gasteiger partial charge in [0.05, 0.1) is 11.0 Å². The Labute approximate surface area is 191 Å². The van der Waals surface area contributed by atoms with Crippen LogP contribution in [0.3, 0.4) is 0 Å². The zero-order valence-electron chi connectivity index (χ0n) is 18.1. The average Bonchev–Trinajstić information content (AvgIpc) is 3.23. The highest BCUT2D eigenvalue weighted by atomic mass is 16.6. The molecular formula is C28H23N3O2. The van der Waals surface area contributed by atoms with Crippen LogP contribution < -0.4 is 0 Å². The maximum atomic E-state index is 11.2. The number of para-hydroxylation sites is 1. The molecular weight excluding hydrogens is 410 g/mol. The molecule has 0 aliphatic carbocycles. The zero-order chi connectivity index (χ0) is 22.4. The lowest BCUT2D eigenvalue weighted by atomic mass is 9.91. The van der Waals surface area contributed by atoms with Crippen molar-refractivity contribution in [2.24, 2.45) is 0 Å². The highest BCUT2D eigenvalue weighted by Gasteiger charge is 2.32. The number of non-ortho nitro benzene ring substituents is 1. The quantitative estimate of drug-likeness (QED) is 0.264. The third kappa shape index (κ3) is 3.38.